The average molecular weight is 332 g/mol. The van der Waals surface area contributed by atoms with Crippen molar-refractivity contribution in [3.8, 4) is 0 Å². The standard InChI is InChI=1S/C15H26BrNS/c1-11-13(16)9-12(18-11)7-8-15(5,6)10-17-14(2,3)4/h9,17H,7-8,10H2,1-6H3. The minimum Gasteiger partial charge on any atom is -0.312 e. The van der Waals surface area contributed by atoms with E-state index in [0.29, 0.717) is 5.41 Å². The number of rotatable bonds is 5. The summed E-state index contributed by atoms with van der Waals surface area (Å²) in [5.74, 6) is 0. The van der Waals surface area contributed by atoms with Crippen molar-refractivity contribution in [1.82, 2.24) is 5.32 Å². The van der Waals surface area contributed by atoms with Gasteiger partial charge in [-0.25, -0.2) is 0 Å². The van der Waals surface area contributed by atoms with Gasteiger partial charge in [0.05, 0.1) is 0 Å². The Balaban J connectivity index is 2.46. The van der Waals surface area contributed by atoms with Crippen molar-refractivity contribution in [3.05, 3.63) is 20.3 Å². The quantitative estimate of drug-likeness (QED) is 0.785. The molecule has 0 atom stereocenters. The van der Waals surface area contributed by atoms with Crippen LogP contribution in [0.25, 0.3) is 0 Å². The molecule has 1 N–H and O–H groups in total. The van der Waals surface area contributed by atoms with E-state index in [2.05, 4.69) is 68.9 Å². The SMILES string of the molecule is Cc1sc(CCC(C)(C)CNC(C)(C)C)cc1Br. The zero-order valence-corrected chi connectivity index (χ0v) is 14.9. The van der Waals surface area contributed by atoms with Crippen molar-refractivity contribution < 1.29 is 0 Å². The molecule has 0 aromatic carbocycles. The Bertz CT molecular complexity index is 368. The van der Waals surface area contributed by atoms with Gasteiger partial charge in [0, 0.05) is 26.3 Å². The van der Waals surface area contributed by atoms with E-state index < -0.39 is 0 Å². The molecule has 0 unspecified atom stereocenters. The molecule has 1 rings (SSSR count). The maximum Gasteiger partial charge on any atom is 0.0314 e. The van der Waals surface area contributed by atoms with Gasteiger partial charge in [-0.15, -0.1) is 11.3 Å². The Kier molecular flexibility index (Phi) is 5.45. The van der Waals surface area contributed by atoms with Gasteiger partial charge in [0.15, 0.2) is 0 Å². The fourth-order valence-corrected chi connectivity index (χ4v) is 3.30. The summed E-state index contributed by atoms with van der Waals surface area (Å²) >= 11 is 5.50. The molecule has 0 radical (unpaired) electrons. The van der Waals surface area contributed by atoms with Crippen LogP contribution >= 0.6 is 27.3 Å². The number of hydrogen-bond acceptors (Lipinski definition) is 2. The number of hydrogen-bond donors (Lipinski definition) is 1. The summed E-state index contributed by atoms with van der Waals surface area (Å²) in [5.41, 5.74) is 0.553. The monoisotopic (exact) mass is 331 g/mol. The summed E-state index contributed by atoms with van der Waals surface area (Å²) in [6.45, 7) is 14.6. The molecule has 1 nitrogen and oxygen atoms in total. The summed E-state index contributed by atoms with van der Waals surface area (Å²) in [6, 6.07) is 2.27. The highest BCUT2D eigenvalue weighted by Crippen LogP contribution is 2.30. The lowest BCUT2D eigenvalue weighted by Gasteiger charge is -2.30. The van der Waals surface area contributed by atoms with Gasteiger partial charge in [0.25, 0.3) is 0 Å². The van der Waals surface area contributed by atoms with Gasteiger partial charge in [0.1, 0.15) is 0 Å². The number of halogens is 1. The maximum absolute atomic E-state index is 3.61. The van der Waals surface area contributed by atoms with Crippen LogP contribution in [0.2, 0.25) is 0 Å². The predicted molar refractivity (Wildman–Crippen MR) is 86.6 cm³/mol. The maximum atomic E-state index is 3.61. The van der Waals surface area contributed by atoms with Crippen molar-refractivity contribution in [2.45, 2.75) is 59.9 Å². The summed E-state index contributed by atoms with van der Waals surface area (Å²) in [4.78, 5) is 2.87. The Labute approximate surface area is 125 Å². The lowest BCUT2D eigenvalue weighted by molar-refractivity contribution is 0.274. The normalized spacial score (nSPS) is 13.1. The van der Waals surface area contributed by atoms with E-state index in [4.69, 9.17) is 0 Å². The van der Waals surface area contributed by atoms with Gasteiger partial charge in [0.2, 0.25) is 0 Å². The highest BCUT2D eigenvalue weighted by molar-refractivity contribution is 9.10. The van der Waals surface area contributed by atoms with Crippen molar-refractivity contribution in [2.75, 3.05) is 6.54 Å². The molecule has 0 aliphatic carbocycles. The average Bonchev–Trinajstić information content (AvgIpc) is 2.53. The molecule has 0 saturated heterocycles. The Morgan fingerprint density at radius 2 is 1.83 bits per heavy atom. The van der Waals surface area contributed by atoms with Gasteiger partial charge in [-0.1, -0.05) is 13.8 Å². The lowest BCUT2D eigenvalue weighted by atomic mass is 9.86. The van der Waals surface area contributed by atoms with Gasteiger partial charge in [-0.3, -0.25) is 0 Å². The van der Waals surface area contributed by atoms with Crippen LogP contribution in [0.15, 0.2) is 10.5 Å². The first kappa shape index (κ1) is 16.2. The van der Waals surface area contributed by atoms with Gasteiger partial charge < -0.3 is 5.32 Å². The Hall–Kier alpha value is 0.140. The minimum absolute atomic E-state index is 0.208. The van der Waals surface area contributed by atoms with Crippen LogP contribution in [0.5, 0.6) is 0 Å². The van der Waals surface area contributed by atoms with Crippen LogP contribution in [0.3, 0.4) is 0 Å². The lowest BCUT2D eigenvalue weighted by Crippen LogP contribution is -2.42. The number of aryl methyl sites for hydroxylation is 2. The number of nitrogens with one attached hydrogen (secondary N) is 1. The smallest absolute Gasteiger partial charge is 0.0314 e. The van der Waals surface area contributed by atoms with Gasteiger partial charge in [-0.2, -0.15) is 0 Å². The van der Waals surface area contributed by atoms with Crippen LogP contribution in [0, 0.1) is 12.3 Å². The van der Waals surface area contributed by atoms with E-state index >= 15 is 0 Å². The molecule has 0 fully saturated rings. The Morgan fingerprint density at radius 3 is 2.28 bits per heavy atom. The second-order valence-electron chi connectivity index (χ2n) is 6.88. The van der Waals surface area contributed by atoms with E-state index in [1.165, 1.54) is 27.1 Å². The number of thiophene rings is 1. The summed E-state index contributed by atoms with van der Waals surface area (Å²) in [7, 11) is 0. The summed E-state index contributed by atoms with van der Waals surface area (Å²) in [5, 5.41) is 3.61. The van der Waals surface area contributed by atoms with E-state index in [1.807, 2.05) is 11.3 Å². The van der Waals surface area contributed by atoms with Gasteiger partial charge in [-0.05, 0) is 67.9 Å². The van der Waals surface area contributed by atoms with E-state index in [9.17, 15) is 0 Å². The van der Waals surface area contributed by atoms with Crippen LogP contribution in [-0.4, -0.2) is 12.1 Å². The molecular formula is C15H26BrNS. The first-order valence-electron chi connectivity index (χ1n) is 6.59. The minimum atomic E-state index is 0.208. The van der Waals surface area contributed by atoms with Crippen LogP contribution in [0.1, 0.15) is 50.8 Å². The van der Waals surface area contributed by atoms with Crippen LogP contribution in [-0.2, 0) is 6.42 Å². The molecule has 0 bridgehead atoms. The molecule has 0 saturated carbocycles. The highest BCUT2D eigenvalue weighted by atomic mass is 79.9. The van der Waals surface area contributed by atoms with Crippen molar-refractivity contribution >= 4 is 27.3 Å². The van der Waals surface area contributed by atoms with Crippen LogP contribution < -0.4 is 5.32 Å². The van der Waals surface area contributed by atoms with Crippen molar-refractivity contribution in [3.63, 3.8) is 0 Å². The molecule has 0 aliphatic heterocycles. The third-order valence-corrected chi connectivity index (χ3v) is 5.25. The molecule has 104 valence electrons. The van der Waals surface area contributed by atoms with E-state index in [-0.39, 0.29) is 5.54 Å². The molecule has 1 heterocycles. The first-order valence-corrected chi connectivity index (χ1v) is 8.20. The zero-order chi connectivity index (χ0) is 14.0. The Morgan fingerprint density at radius 1 is 1.22 bits per heavy atom. The predicted octanol–water partition coefficient (Wildman–Crippen LogP) is 5.17. The molecule has 18 heavy (non-hydrogen) atoms. The van der Waals surface area contributed by atoms with Crippen molar-refractivity contribution in [2.24, 2.45) is 5.41 Å². The summed E-state index contributed by atoms with van der Waals surface area (Å²) in [6.07, 6.45) is 2.40. The molecule has 1 aromatic rings. The molecule has 1 aromatic heterocycles. The first-order chi connectivity index (χ1) is 8.09. The van der Waals surface area contributed by atoms with E-state index in [0.717, 1.165) is 6.54 Å². The van der Waals surface area contributed by atoms with Crippen LogP contribution in [0.4, 0.5) is 0 Å². The molecule has 0 amide bonds. The fourth-order valence-electron chi connectivity index (χ4n) is 1.70. The van der Waals surface area contributed by atoms with E-state index in [1.54, 1.807) is 0 Å². The molecule has 0 aliphatic rings. The second-order valence-corrected chi connectivity index (χ2v) is 9.08. The molecule has 0 spiro atoms. The zero-order valence-electron chi connectivity index (χ0n) is 12.5. The summed E-state index contributed by atoms with van der Waals surface area (Å²) < 4.78 is 1.26. The second kappa shape index (κ2) is 6.06. The third kappa shape index (κ3) is 5.85. The fraction of sp³-hybridized carbons (Fsp3) is 0.733. The largest absolute Gasteiger partial charge is 0.312 e. The third-order valence-electron chi connectivity index (χ3n) is 3.05. The van der Waals surface area contributed by atoms with Crippen molar-refractivity contribution in [1.29, 1.82) is 0 Å². The topological polar surface area (TPSA) is 12.0 Å². The molecular weight excluding hydrogens is 306 g/mol. The highest BCUT2D eigenvalue weighted by Gasteiger charge is 2.21. The molecule has 3 heteroatoms. The van der Waals surface area contributed by atoms with Gasteiger partial charge >= 0.3 is 0 Å².